The smallest absolute Gasteiger partial charge is 0.230 e. The second kappa shape index (κ2) is 4.36. The van der Waals surface area contributed by atoms with Gasteiger partial charge in [-0.2, -0.15) is 0 Å². The zero-order valence-electron chi connectivity index (χ0n) is 10.5. The second-order valence-corrected chi connectivity index (χ2v) is 5.65. The summed E-state index contributed by atoms with van der Waals surface area (Å²) in [5.74, 6) is 0.321. The predicted molar refractivity (Wildman–Crippen MR) is 65.0 cm³/mol. The van der Waals surface area contributed by atoms with Crippen molar-refractivity contribution in [2.45, 2.75) is 64.5 Å². The number of carbonyl (C=O) groups excluding carboxylic acids is 1. The molecule has 2 unspecified atom stereocenters. The van der Waals surface area contributed by atoms with Gasteiger partial charge in [0.1, 0.15) is 0 Å². The summed E-state index contributed by atoms with van der Waals surface area (Å²) in [4.78, 5) is 14.7. The third kappa shape index (κ3) is 1.97. The van der Waals surface area contributed by atoms with Crippen LogP contribution < -0.4 is 5.73 Å². The number of amides is 1. The fraction of sp³-hybridized carbons (Fsp3) is 0.923. The van der Waals surface area contributed by atoms with E-state index in [-0.39, 0.29) is 11.5 Å². The maximum atomic E-state index is 12.6. The highest BCUT2D eigenvalue weighted by Gasteiger charge is 2.47. The molecular weight excluding hydrogens is 200 g/mol. The van der Waals surface area contributed by atoms with Crippen LogP contribution in [0.4, 0.5) is 0 Å². The van der Waals surface area contributed by atoms with Crippen molar-refractivity contribution in [3.05, 3.63) is 0 Å². The average molecular weight is 224 g/mol. The lowest BCUT2D eigenvalue weighted by molar-refractivity contribution is -0.142. The molecule has 3 heteroatoms. The van der Waals surface area contributed by atoms with Gasteiger partial charge in [0.25, 0.3) is 0 Å². The molecule has 0 aromatic carbocycles. The number of hydrogen-bond acceptors (Lipinski definition) is 2. The van der Waals surface area contributed by atoms with Gasteiger partial charge in [0.05, 0.1) is 5.41 Å². The third-order valence-electron chi connectivity index (χ3n) is 4.23. The normalized spacial score (nSPS) is 34.1. The quantitative estimate of drug-likeness (QED) is 0.793. The fourth-order valence-electron chi connectivity index (χ4n) is 2.86. The molecule has 0 spiro atoms. The molecule has 2 aliphatic rings. The van der Waals surface area contributed by atoms with Gasteiger partial charge in [-0.15, -0.1) is 0 Å². The number of carbonyl (C=O) groups is 1. The Morgan fingerprint density at radius 2 is 2.12 bits per heavy atom. The largest absolute Gasteiger partial charge is 0.339 e. The summed E-state index contributed by atoms with van der Waals surface area (Å²) in [5.41, 5.74) is 5.84. The first-order valence-electron chi connectivity index (χ1n) is 6.66. The summed E-state index contributed by atoms with van der Waals surface area (Å²) in [6.07, 6.45) is 6.52. The number of hydrogen-bond donors (Lipinski definition) is 1. The van der Waals surface area contributed by atoms with Crippen LogP contribution >= 0.6 is 0 Å². The van der Waals surface area contributed by atoms with Crippen LogP contribution in [0, 0.1) is 5.41 Å². The average Bonchev–Trinajstić information content (AvgIpc) is 3.03. The Hall–Kier alpha value is -0.570. The highest BCUT2D eigenvalue weighted by atomic mass is 16.2. The Bertz CT molecular complexity index is 275. The Kier molecular flexibility index (Phi) is 3.24. The molecule has 0 saturated heterocycles. The molecule has 2 rings (SSSR count). The SMILES string of the molecule is CCCN(C(=O)C1(C)CCCC1N)C1CC1. The standard InChI is InChI=1S/C13H24N2O/c1-3-9-15(10-6-7-10)12(16)13(2)8-4-5-11(13)14/h10-11H,3-9,14H2,1-2H3. The Labute approximate surface area is 98.4 Å². The van der Waals surface area contributed by atoms with E-state index < -0.39 is 0 Å². The molecule has 0 radical (unpaired) electrons. The van der Waals surface area contributed by atoms with Crippen molar-refractivity contribution >= 4 is 5.91 Å². The van der Waals surface area contributed by atoms with Gasteiger partial charge >= 0.3 is 0 Å². The summed E-state index contributed by atoms with van der Waals surface area (Å²) < 4.78 is 0. The van der Waals surface area contributed by atoms with Crippen LogP contribution in [-0.2, 0) is 4.79 Å². The van der Waals surface area contributed by atoms with E-state index >= 15 is 0 Å². The molecule has 2 atom stereocenters. The van der Waals surface area contributed by atoms with Crippen LogP contribution in [0.2, 0.25) is 0 Å². The molecule has 0 aromatic heterocycles. The number of nitrogens with two attached hydrogens (primary N) is 1. The fourth-order valence-corrected chi connectivity index (χ4v) is 2.86. The third-order valence-corrected chi connectivity index (χ3v) is 4.23. The molecule has 0 aromatic rings. The van der Waals surface area contributed by atoms with Crippen LogP contribution in [0.15, 0.2) is 0 Å². The van der Waals surface area contributed by atoms with E-state index in [1.165, 1.54) is 12.8 Å². The van der Waals surface area contributed by atoms with Gasteiger partial charge in [0, 0.05) is 18.6 Å². The van der Waals surface area contributed by atoms with Crippen molar-refractivity contribution < 1.29 is 4.79 Å². The minimum absolute atomic E-state index is 0.0677. The lowest BCUT2D eigenvalue weighted by Crippen LogP contribution is -2.50. The maximum Gasteiger partial charge on any atom is 0.230 e. The molecule has 92 valence electrons. The van der Waals surface area contributed by atoms with Crippen molar-refractivity contribution in [3.63, 3.8) is 0 Å². The lowest BCUT2D eigenvalue weighted by Gasteiger charge is -2.34. The number of nitrogens with zero attached hydrogens (tertiary/aromatic N) is 1. The molecule has 1 amide bonds. The van der Waals surface area contributed by atoms with E-state index in [0.29, 0.717) is 11.9 Å². The van der Waals surface area contributed by atoms with Crippen molar-refractivity contribution in [2.24, 2.45) is 11.1 Å². The van der Waals surface area contributed by atoms with E-state index in [9.17, 15) is 4.79 Å². The molecule has 0 heterocycles. The van der Waals surface area contributed by atoms with Crippen molar-refractivity contribution in [2.75, 3.05) is 6.54 Å². The molecule has 2 saturated carbocycles. The van der Waals surface area contributed by atoms with Gasteiger partial charge in [-0.3, -0.25) is 4.79 Å². The van der Waals surface area contributed by atoms with Gasteiger partial charge in [-0.25, -0.2) is 0 Å². The van der Waals surface area contributed by atoms with E-state index in [4.69, 9.17) is 5.73 Å². The van der Waals surface area contributed by atoms with Crippen LogP contribution in [0.5, 0.6) is 0 Å². The summed E-state index contributed by atoms with van der Waals surface area (Å²) in [6.45, 7) is 5.11. The molecule has 0 aliphatic heterocycles. The van der Waals surface area contributed by atoms with Gasteiger partial charge in [-0.1, -0.05) is 13.3 Å². The molecular formula is C13H24N2O. The predicted octanol–water partition coefficient (Wildman–Crippen LogP) is 1.90. The Morgan fingerprint density at radius 1 is 1.44 bits per heavy atom. The highest BCUT2D eigenvalue weighted by Crippen LogP contribution is 2.40. The monoisotopic (exact) mass is 224 g/mol. The van der Waals surface area contributed by atoms with Crippen molar-refractivity contribution in [1.82, 2.24) is 4.90 Å². The van der Waals surface area contributed by atoms with E-state index in [0.717, 1.165) is 32.2 Å². The Balaban J connectivity index is 2.09. The molecule has 2 fully saturated rings. The van der Waals surface area contributed by atoms with Gasteiger partial charge < -0.3 is 10.6 Å². The Morgan fingerprint density at radius 3 is 2.56 bits per heavy atom. The molecule has 3 nitrogen and oxygen atoms in total. The molecule has 2 N–H and O–H groups in total. The summed E-state index contributed by atoms with van der Waals surface area (Å²) in [6, 6.07) is 0.593. The van der Waals surface area contributed by atoms with E-state index in [1.54, 1.807) is 0 Å². The van der Waals surface area contributed by atoms with Gasteiger partial charge in [0.15, 0.2) is 0 Å². The minimum atomic E-state index is -0.280. The van der Waals surface area contributed by atoms with Gasteiger partial charge in [0.2, 0.25) is 5.91 Å². The van der Waals surface area contributed by atoms with Crippen LogP contribution in [0.25, 0.3) is 0 Å². The van der Waals surface area contributed by atoms with E-state index in [1.807, 2.05) is 0 Å². The van der Waals surface area contributed by atoms with E-state index in [2.05, 4.69) is 18.7 Å². The van der Waals surface area contributed by atoms with Crippen molar-refractivity contribution in [1.29, 1.82) is 0 Å². The first-order valence-corrected chi connectivity index (χ1v) is 6.66. The second-order valence-electron chi connectivity index (χ2n) is 5.65. The zero-order chi connectivity index (χ0) is 11.8. The summed E-state index contributed by atoms with van der Waals surface area (Å²) in [7, 11) is 0. The summed E-state index contributed by atoms with van der Waals surface area (Å²) >= 11 is 0. The number of rotatable bonds is 4. The van der Waals surface area contributed by atoms with Crippen LogP contribution in [-0.4, -0.2) is 29.4 Å². The highest BCUT2D eigenvalue weighted by molar-refractivity contribution is 5.84. The van der Waals surface area contributed by atoms with Gasteiger partial charge in [-0.05, 0) is 39.0 Å². The van der Waals surface area contributed by atoms with Crippen LogP contribution in [0.3, 0.4) is 0 Å². The minimum Gasteiger partial charge on any atom is -0.339 e. The first kappa shape index (κ1) is 11.9. The zero-order valence-corrected chi connectivity index (χ0v) is 10.5. The van der Waals surface area contributed by atoms with Crippen molar-refractivity contribution in [3.8, 4) is 0 Å². The maximum absolute atomic E-state index is 12.6. The lowest BCUT2D eigenvalue weighted by atomic mass is 9.83. The van der Waals surface area contributed by atoms with Crippen LogP contribution in [0.1, 0.15) is 52.4 Å². The molecule has 16 heavy (non-hydrogen) atoms. The summed E-state index contributed by atoms with van der Waals surface area (Å²) in [5, 5.41) is 0. The molecule has 2 aliphatic carbocycles. The first-order chi connectivity index (χ1) is 7.59. The molecule has 0 bridgehead atoms. The topological polar surface area (TPSA) is 46.3 Å².